The number of carbonyl (C=O) groups is 1. The van der Waals surface area contributed by atoms with E-state index in [-0.39, 0.29) is 17.9 Å². The van der Waals surface area contributed by atoms with Crippen LogP contribution >= 0.6 is 0 Å². The van der Waals surface area contributed by atoms with Gasteiger partial charge in [0.25, 0.3) is 0 Å². The number of amides is 1. The van der Waals surface area contributed by atoms with Gasteiger partial charge in [-0.15, -0.1) is 0 Å². The van der Waals surface area contributed by atoms with Crippen molar-refractivity contribution in [3.8, 4) is 0 Å². The van der Waals surface area contributed by atoms with E-state index in [1.165, 1.54) is 12.8 Å². The lowest BCUT2D eigenvalue weighted by atomic mass is 10.0. The summed E-state index contributed by atoms with van der Waals surface area (Å²) < 4.78 is 5.35. The predicted molar refractivity (Wildman–Crippen MR) is 64.3 cm³/mol. The minimum Gasteiger partial charge on any atom is -0.379 e. The molecule has 2 unspecified atom stereocenters. The molecule has 0 radical (unpaired) electrons. The Labute approximate surface area is 98.1 Å². The number of nitrogens with one attached hydrogen (secondary N) is 2. The van der Waals surface area contributed by atoms with E-state index in [2.05, 4.69) is 24.5 Å². The number of ether oxygens (including phenoxy) is 1. The summed E-state index contributed by atoms with van der Waals surface area (Å²) in [7, 11) is 0. The minimum atomic E-state index is -0.0124. The van der Waals surface area contributed by atoms with Gasteiger partial charge in [-0.05, 0) is 13.0 Å². The van der Waals surface area contributed by atoms with Crippen LogP contribution in [-0.2, 0) is 9.53 Å². The Morgan fingerprint density at radius 2 is 2.12 bits per heavy atom. The SMILES string of the molecule is CCCCCNC(=O)C1COCC1NCC. The molecular formula is C12H24N2O2. The maximum absolute atomic E-state index is 11.9. The van der Waals surface area contributed by atoms with Crippen molar-refractivity contribution in [3.05, 3.63) is 0 Å². The molecule has 1 heterocycles. The first kappa shape index (κ1) is 13.5. The average molecular weight is 228 g/mol. The van der Waals surface area contributed by atoms with Crippen molar-refractivity contribution in [3.63, 3.8) is 0 Å². The van der Waals surface area contributed by atoms with E-state index >= 15 is 0 Å². The third-order valence-corrected chi connectivity index (χ3v) is 2.96. The van der Waals surface area contributed by atoms with Gasteiger partial charge in [0.15, 0.2) is 0 Å². The molecule has 16 heavy (non-hydrogen) atoms. The van der Waals surface area contributed by atoms with Crippen LogP contribution in [0.25, 0.3) is 0 Å². The Bertz CT molecular complexity index is 209. The number of likely N-dealkylation sites (N-methyl/N-ethyl adjacent to an activating group) is 1. The van der Waals surface area contributed by atoms with Crippen LogP contribution in [0.2, 0.25) is 0 Å². The van der Waals surface area contributed by atoms with Gasteiger partial charge in [0, 0.05) is 12.6 Å². The molecule has 1 saturated heterocycles. The maximum Gasteiger partial charge on any atom is 0.227 e. The molecule has 94 valence electrons. The van der Waals surface area contributed by atoms with Gasteiger partial charge in [0.1, 0.15) is 0 Å². The number of unbranched alkanes of at least 4 members (excludes halogenated alkanes) is 2. The van der Waals surface area contributed by atoms with Gasteiger partial charge in [-0.3, -0.25) is 4.79 Å². The largest absolute Gasteiger partial charge is 0.379 e. The van der Waals surface area contributed by atoms with Crippen molar-refractivity contribution in [2.45, 2.75) is 39.2 Å². The fraction of sp³-hybridized carbons (Fsp3) is 0.917. The van der Waals surface area contributed by atoms with Crippen LogP contribution < -0.4 is 10.6 Å². The van der Waals surface area contributed by atoms with Crippen LogP contribution in [0.3, 0.4) is 0 Å². The van der Waals surface area contributed by atoms with E-state index in [9.17, 15) is 4.79 Å². The summed E-state index contributed by atoms with van der Waals surface area (Å²) in [4.78, 5) is 11.9. The smallest absolute Gasteiger partial charge is 0.227 e. The molecule has 2 atom stereocenters. The third-order valence-electron chi connectivity index (χ3n) is 2.96. The molecular weight excluding hydrogens is 204 g/mol. The highest BCUT2D eigenvalue weighted by molar-refractivity contribution is 5.79. The molecule has 0 aromatic rings. The number of hydrogen-bond acceptors (Lipinski definition) is 3. The highest BCUT2D eigenvalue weighted by Crippen LogP contribution is 2.13. The second kappa shape index (κ2) is 7.63. The van der Waals surface area contributed by atoms with E-state index in [1.807, 2.05) is 0 Å². The highest BCUT2D eigenvalue weighted by Gasteiger charge is 2.32. The van der Waals surface area contributed by atoms with E-state index < -0.39 is 0 Å². The summed E-state index contributed by atoms with van der Waals surface area (Å²) in [6, 6.07) is 0.191. The second-order valence-corrected chi connectivity index (χ2v) is 4.31. The molecule has 0 saturated carbocycles. The summed E-state index contributed by atoms with van der Waals surface area (Å²) in [5, 5.41) is 6.28. The Morgan fingerprint density at radius 3 is 2.81 bits per heavy atom. The van der Waals surface area contributed by atoms with Gasteiger partial charge in [-0.25, -0.2) is 0 Å². The highest BCUT2D eigenvalue weighted by atomic mass is 16.5. The van der Waals surface area contributed by atoms with Crippen molar-refractivity contribution >= 4 is 5.91 Å². The molecule has 4 nitrogen and oxygen atoms in total. The first-order valence-electron chi connectivity index (χ1n) is 6.38. The molecule has 1 fully saturated rings. The zero-order valence-electron chi connectivity index (χ0n) is 10.4. The Morgan fingerprint density at radius 1 is 1.31 bits per heavy atom. The van der Waals surface area contributed by atoms with E-state index in [0.29, 0.717) is 13.2 Å². The Balaban J connectivity index is 2.23. The summed E-state index contributed by atoms with van der Waals surface area (Å²) in [5.41, 5.74) is 0. The molecule has 1 rings (SSSR count). The summed E-state index contributed by atoms with van der Waals surface area (Å²) in [5.74, 6) is 0.126. The lowest BCUT2D eigenvalue weighted by molar-refractivity contribution is -0.125. The molecule has 1 aliphatic rings. The molecule has 0 aromatic heterocycles. The standard InChI is InChI=1S/C12H24N2O2/c1-3-5-6-7-14-12(15)10-8-16-9-11(10)13-4-2/h10-11,13H,3-9H2,1-2H3,(H,14,15). The maximum atomic E-state index is 11.9. The average Bonchev–Trinajstić information content (AvgIpc) is 2.73. The van der Waals surface area contributed by atoms with Crippen LogP contribution in [0.5, 0.6) is 0 Å². The fourth-order valence-electron chi connectivity index (χ4n) is 1.99. The molecule has 2 N–H and O–H groups in total. The summed E-state index contributed by atoms with van der Waals surface area (Å²) in [6.45, 7) is 7.09. The van der Waals surface area contributed by atoms with Crippen LogP contribution in [0.1, 0.15) is 33.1 Å². The zero-order chi connectivity index (χ0) is 11.8. The third kappa shape index (κ3) is 4.10. The molecule has 1 aliphatic heterocycles. The lowest BCUT2D eigenvalue weighted by Gasteiger charge is -2.17. The molecule has 0 bridgehead atoms. The quantitative estimate of drug-likeness (QED) is 0.637. The van der Waals surface area contributed by atoms with Gasteiger partial charge in [0.2, 0.25) is 5.91 Å². The zero-order valence-corrected chi connectivity index (χ0v) is 10.4. The van der Waals surface area contributed by atoms with Crippen LogP contribution in [0, 0.1) is 5.92 Å². The Hall–Kier alpha value is -0.610. The first-order valence-corrected chi connectivity index (χ1v) is 6.38. The first-order chi connectivity index (χ1) is 7.79. The predicted octanol–water partition coefficient (Wildman–Crippen LogP) is 0.917. The fourth-order valence-corrected chi connectivity index (χ4v) is 1.99. The van der Waals surface area contributed by atoms with Crippen LogP contribution in [0.4, 0.5) is 0 Å². The summed E-state index contributed by atoms with van der Waals surface area (Å²) in [6.07, 6.45) is 3.43. The lowest BCUT2D eigenvalue weighted by Crippen LogP contribution is -2.44. The molecule has 0 aliphatic carbocycles. The Kier molecular flexibility index (Phi) is 6.42. The van der Waals surface area contributed by atoms with Crippen molar-refractivity contribution in [2.24, 2.45) is 5.92 Å². The van der Waals surface area contributed by atoms with Crippen LogP contribution in [-0.4, -0.2) is 38.3 Å². The van der Waals surface area contributed by atoms with Crippen molar-refractivity contribution in [2.75, 3.05) is 26.3 Å². The van der Waals surface area contributed by atoms with Crippen molar-refractivity contribution < 1.29 is 9.53 Å². The van der Waals surface area contributed by atoms with Gasteiger partial charge in [-0.1, -0.05) is 26.7 Å². The van der Waals surface area contributed by atoms with E-state index in [0.717, 1.165) is 19.5 Å². The minimum absolute atomic E-state index is 0.0124. The van der Waals surface area contributed by atoms with Crippen molar-refractivity contribution in [1.82, 2.24) is 10.6 Å². The van der Waals surface area contributed by atoms with Crippen molar-refractivity contribution in [1.29, 1.82) is 0 Å². The van der Waals surface area contributed by atoms with Gasteiger partial charge >= 0.3 is 0 Å². The number of carbonyl (C=O) groups excluding carboxylic acids is 1. The number of hydrogen-bond donors (Lipinski definition) is 2. The second-order valence-electron chi connectivity index (χ2n) is 4.31. The van der Waals surface area contributed by atoms with Gasteiger partial charge in [-0.2, -0.15) is 0 Å². The van der Waals surface area contributed by atoms with Gasteiger partial charge in [0.05, 0.1) is 19.1 Å². The summed E-state index contributed by atoms with van der Waals surface area (Å²) >= 11 is 0. The van der Waals surface area contributed by atoms with Gasteiger partial charge < -0.3 is 15.4 Å². The monoisotopic (exact) mass is 228 g/mol. The van der Waals surface area contributed by atoms with E-state index in [4.69, 9.17) is 4.74 Å². The molecule has 4 heteroatoms. The van der Waals surface area contributed by atoms with Crippen LogP contribution in [0.15, 0.2) is 0 Å². The molecule has 0 aromatic carbocycles. The van der Waals surface area contributed by atoms with E-state index in [1.54, 1.807) is 0 Å². The number of rotatable bonds is 7. The topological polar surface area (TPSA) is 50.4 Å². The molecule has 1 amide bonds. The normalized spacial score (nSPS) is 24.6. The molecule has 0 spiro atoms.